The molecule has 1 aliphatic carbocycles. The van der Waals surface area contributed by atoms with Gasteiger partial charge >= 0.3 is 12.3 Å². The van der Waals surface area contributed by atoms with E-state index in [9.17, 15) is 31.5 Å². The third-order valence-electron chi connectivity index (χ3n) is 9.01. The molecule has 19 heteroatoms. The van der Waals surface area contributed by atoms with Crippen LogP contribution in [0.3, 0.4) is 0 Å². The number of hydrazine groups is 2. The first-order valence-corrected chi connectivity index (χ1v) is 16.3. The highest BCUT2D eigenvalue weighted by Gasteiger charge is 2.64. The molecule has 1 saturated carbocycles. The zero-order chi connectivity index (χ0) is 36.9. The minimum absolute atomic E-state index is 0.0110. The number of carbonyl (C=O) groups excluding carboxylic acids is 2. The molecule has 6 rings (SSSR count). The number of ether oxygens (including phenoxy) is 1. The van der Waals surface area contributed by atoms with Crippen LogP contribution in [0.15, 0.2) is 53.8 Å². The number of hydrogen-bond acceptors (Lipinski definition) is 10. The normalized spacial score (nSPS) is 22.3. The number of guanidine groups is 1. The van der Waals surface area contributed by atoms with E-state index in [1.165, 1.54) is 18.2 Å². The van der Waals surface area contributed by atoms with Crippen LogP contribution in [0.5, 0.6) is 0 Å². The Bertz CT molecular complexity index is 1820. The van der Waals surface area contributed by atoms with Crippen molar-refractivity contribution in [3.05, 3.63) is 76.3 Å². The van der Waals surface area contributed by atoms with Crippen LogP contribution in [0, 0.1) is 5.41 Å². The van der Waals surface area contributed by atoms with E-state index in [0.29, 0.717) is 12.1 Å². The number of halogens is 6. The quantitative estimate of drug-likeness (QED) is 0.183. The van der Waals surface area contributed by atoms with Crippen LogP contribution in [0.4, 0.5) is 26.7 Å². The van der Waals surface area contributed by atoms with Gasteiger partial charge in [-0.05, 0) is 53.5 Å². The fraction of sp³-hybridized carbons (Fsp3) is 0.469. The summed E-state index contributed by atoms with van der Waals surface area (Å²) >= 11 is 6.42. The smallest absolute Gasteiger partial charge is 0.411 e. The molecular weight excluding hydrogens is 703 g/mol. The van der Waals surface area contributed by atoms with Crippen molar-refractivity contribution >= 4 is 29.6 Å². The predicted octanol–water partition coefficient (Wildman–Crippen LogP) is 4.86. The number of aliphatic imine (C=N–C) groups is 1. The molecule has 2 aliphatic heterocycles. The minimum atomic E-state index is -4.71. The number of rotatable bonds is 10. The Balaban J connectivity index is 1.40. The molecule has 0 radical (unpaired) electrons. The fourth-order valence-corrected chi connectivity index (χ4v) is 6.60. The third-order valence-corrected chi connectivity index (χ3v) is 9.33. The van der Waals surface area contributed by atoms with E-state index in [2.05, 4.69) is 26.5 Å². The molecule has 51 heavy (non-hydrogen) atoms. The summed E-state index contributed by atoms with van der Waals surface area (Å²) in [7, 11) is 0. The maximum absolute atomic E-state index is 14.9. The van der Waals surface area contributed by atoms with Gasteiger partial charge in [-0.2, -0.15) is 23.8 Å². The first-order valence-electron chi connectivity index (χ1n) is 16.0. The van der Waals surface area contributed by atoms with Crippen LogP contribution in [0.25, 0.3) is 5.69 Å². The van der Waals surface area contributed by atoms with Crippen LogP contribution in [0.2, 0.25) is 5.02 Å². The lowest BCUT2D eigenvalue weighted by Crippen LogP contribution is -2.50. The third kappa shape index (κ3) is 7.09. The maximum Gasteiger partial charge on any atom is 0.411 e. The number of carbonyl (C=O) groups is 2. The summed E-state index contributed by atoms with van der Waals surface area (Å²) in [6.45, 7) is 5.69. The minimum Gasteiger partial charge on any atom is -0.447 e. The molecule has 0 bridgehead atoms. The van der Waals surface area contributed by atoms with Gasteiger partial charge in [-0.1, -0.05) is 62.7 Å². The second kappa shape index (κ2) is 13.3. The van der Waals surface area contributed by atoms with Gasteiger partial charge in [0.1, 0.15) is 18.5 Å². The van der Waals surface area contributed by atoms with Gasteiger partial charge in [0.15, 0.2) is 17.3 Å². The highest BCUT2D eigenvalue weighted by atomic mass is 35.5. The molecule has 2 aromatic carbocycles. The first-order chi connectivity index (χ1) is 23.9. The number of alkyl carbamates (subject to hydrolysis) is 1. The summed E-state index contributed by atoms with van der Waals surface area (Å²) < 4.78 is 74.7. The van der Waals surface area contributed by atoms with Crippen molar-refractivity contribution in [3.63, 3.8) is 0 Å². The van der Waals surface area contributed by atoms with E-state index in [1.807, 2.05) is 38.2 Å². The summed E-state index contributed by atoms with van der Waals surface area (Å²) in [6.07, 6.45) is -8.64. The number of alkyl halides is 5. The topological polar surface area (TPSA) is 164 Å². The summed E-state index contributed by atoms with van der Waals surface area (Å²) in [5.41, 5.74) is 12.6. The second-order valence-electron chi connectivity index (χ2n) is 13.9. The van der Waals surface area contributed by atoms with Crippen LogP contribution in [-0.4, -0.2) is 62.5 Å². The molecule has 274 valence electrons. The SMILES string of the molecule is CC(C)(C)C[C@]1(c2ccc(C3CNNN3)cc2)N=C(N)N([C@H](COC(=O)NC2(C(F)(F)F)CC2)c2ccc(Cl)c(-n3ncnc3C(F)F)c2)C1=O. The van der Waals surface area contributed by atoms with E-state index in [0.717, 1.165) is 21.5 Å². The zero-order valence-electron chi connectivity index (χ0n) is 27.7. The van der Waals surface area contributed by atoms with Gasteiger partial charge in [-0.3, -0.25) is 9.69 Å². The van der Waals surface area contributed by atoms with Crippen molar-refractivity contribution in [3.8, 4) is 5.69 Å². The molecule has 0 spiro atoms. The molecule has 3 aliphatic rings. The lowest BCUT2D eigenvalue weighted by Gasteiger charge is -2.35. The molecule has 1 saturated heterocycles. The number of hydrogen-bond donors (Lipinski definition) is 5. The van der Waals surface area contributed by atoms with Gasteiger partial charge in [0.2, 0.25) is 0 Å². The molecule has 2 fully saturated rings. The highest BCUT2D eigenvalue weighted by Crippen LogP contribution is 2.49. The summed E-state index contributed by atoms with van der Waals surface area (Å²) in [5, 5.41) is 5.77. The van der Waals surface area contributed by atoms with Gasteiger partial charge in [-0.25, -0.2) is 39.1 Å². The van der Waals surface area contributed by atoms with Crippen molar-refractivity contribution in [1.29, 1.82) is 0 Å². The molecular formula is C32H36ClF5N10O3. The number of nitrogens with two attached hydrogens (primary N) is 1. The van der Waals surface area contributed by atoms with Gasteiger partial charge in [0, 0.05) is 6.54 Å². The number of benzene rings is 2. The Morgan fingerprint density at radius 3 is 2.45 bits per heavy atom. The van der Waals surface area contributed by atoms with Crippen molar-refractivity contribution in [2.45, 2.75) is 75.8 Å². The molecule has 6 N–H and O–H groups in total. The van der Waals surface area contributed by atoms with Crippen LogP contribution < -0.4 is 27.4 Å². The van der Waals surface area contributed by atoms with E-state index < -0.39 is 59.6 Å². The number of aromatic nitrogens is 3. The lowest BCUT2D eigenvalue weighted by atomic mass is 9.75. The fourth-order valence-electron chi connectivity index (χ4n) is 6.40. The maximum atomic E-state index is 14.9. The number of nitrogens with zero attached hydrogens (tertiary/aromatic N) is 5. The molecule has 2 amide bonds. The average Bonchev–Trinajstić information content (AvgIpc) is 3.38. The standard InChI is InChI=1S/C32H36ClF5N10O3/c1-29(2,3)15-31(19-7-4-17(5-8-19)21-13-41-46-45-21)26(49)47(27(39)43-31)23(14-51-28(50)44-30(10-11-30)32(36,37)38)18-6-9-20(33)22(12-18)48-25(24(34)35)40-16-42-48/h4-9,12,16,21,23-24,41,45-46H,10-11,13-15H2,1-3H3,(H2,39,43)(H,44,50)/t21?,23-,31-/m1/s1. The van der Waals surface area contributed by atoms with Gasteiger partial charge < -0.3 is 15.8 Å². The van der Waals surface area contributed by atoms with Crippen molar-refractivity contribution in [1.82, 2.24) is 41.4 Å². The van der Waals surface area contributed by atoms with Gasteiger partial charge in [0.05, 0.1) is 22.8 Å². The van der Waals surface area contributed by atoms with Gasteiger partial charge in [-0.15, -0.1) is 0 Å². The van der Waals surface area contributed by atoms with Crippen LogP contribution in [-0.2, 0) is 15.1 Å². The Hall–Kier alpha value is -4.39. The van der Waals surface area contributed by atoms with E-state index in [-0.39, 0.29) is 47.5 Å². The zero-order valence-corrected chi connectivity index (χ0v) is 28.4. The number of amides is 2. The van der Waals surface area contributed by atoms with E-state index in [1.54, 1.807) is 12.1 Å². The van der Waals surface area contributed by atoms with Crippen LogP contribution >= 0.6 is 11.6 Å². The van der Waals surface area contributed by atoms with E-state index >= 15 is 0 Å². The summed E-state index contributed by atoms with van der Waals surface area (Å²) in [5.74, 6) is -1.57. The van der Waals surface area contributed by atoms with Crippen molar-refractivity contribution in [2.75, 3.05) is 13.2 Å². The Morgan fingerprint density at radius 2 is 1.86 bits per heavy atom. The summed E-state index contributed by atoms with van der Waals surface area (Å²) in [4.78, 5) is 37.1. The average molecular weight is 739 g/mol. The monoisotopic (exact) mass is 738 g/mol. The summed E-state index contributed by atoms with van der Waals surface area (Å²) in [6, 6.07) is 10.1. The Morgan fingerprint density at radius 1 is 1.16 bits per heavy atom. The highest BCUT2D eigenvalue weighted by molar-refractivity contribution is 6.32. The second-order valence-corrected chi connectivity index (χ2v) is 14.3. The van der Waals surface area contributed by atoms with Crippen molar-refractivity contribution in [2.24, 2.45) is 16.1 Å². The Kier molecular flexibility index (Phi) is 9.49. The molecule has 1 aromatic heterocycles. The lowest BCUT2D eigenvalue weighted by molar-refractivity contribution is -0.164. The largest absolute Gasteiger partial charge is 0.447 e. The molecule has 13 nitrogen and oxygen atoms in total. The van der Waals surface area contributed by atoms with Gasteiger partial charge in [0.25, 0.3) is 12.3 Å². The molecule has 3 heterocycles. The first kappa shape index (κ1) is 36.4. The number of nitrogens with one attached hydrogen (secondary N) is 4. The van der Waals surface area contributed by atoms with E-state index in [4.69, 9.17) is 27.1 Å². The molecule has 1 unspecified atom stereocenters. The van der Waals surface area contributed by atoms with Crippen molar-refractivity contribution < 1.29 is 36.3 Å². The predicted molar refractivity (Wildman–Crippen MR) is 174 cm³/mol. The Labute approximate surface area is 294 Å². The van der Waals surface area contributed by atoms with Crippen LogP contribution in [0.1, 0.15) is 81.1 Å². The molecule has 3 aromatic rings. The molecule has 3 atom stereocenters.